The molecule has 1 fully saturated rings. The van der Waals surface area contributed by atoms with Gasteiger partial charge in [0.15, 0.2) is 6.29 Å². The molecule has 21 heavy (non-hydrogen) atoms. The maximum absolute atomic E-state index is 12.0. The number of rotatable bonds is 4. The Morgan fingerprint density at radius 3 is 2.52 bits per heavy atom. The van der Waals surface area contributed by atoms with Crippen LogP contribution in [0.25, 0.3) is 0 Å². The van der Waals surface area contributed by atoms with Crippen molar-refractivity contribution >= 4 is 5.91 Å². The number of benzene rings is 1. The van der Waals surface area contributed by atoms with Crippen LogP contribution < -0.4 is 10.2 Å². The number of hydrogen-bond acceptors (Lipinski definition) is 4. The van der Waals surface area contributed by atoms with Gasteiger partial charge in [-0.15, -0.1) is 13.2 Å². The molecule has 0 unspecified atom stereocenters. The number of amides is 1. The molecule has 1 N–H and O–H groups in total. The number of hydrogen-bond donors (Lipinski definition) is 1. The Hall–Kier alpha value is -1.80. The van der Waals surface area contributed by atoms with Crippen molar-refractivity contribution in [3.8, 4) is 5.75 Å². The van der Waals surface area contributed by atoms with Crippen LogP contribution in [0.5, 0.6) is 5.75 Å². The van der Waals surface area contributed by atoms with Crippen molar-refractivity contribution in [2.45, 2.75) is 31.9 Å². The van der Waals surface area contributed by atoms with Gasteiger partial charge in [-0.1, -0.05) is 0 Å². The molecular formula is C13H14F3NO4. The van der Waals surface area contributed by atoms with Crippen LogP contribution in [0, 0.1) is 0 Å². The maximum atomic E-state index is 12.0. The molecular weight excluding hydrogens is 291 g/mol. The van der Waals surface area contributed by atoms with Crippen molar-refractivity contribution in [3.05, 3.63) is 29.8 Å². The van der Waals surface area contributed by atoms with Crippen molar-refractivity contribution in [2.24, 2.45) is 0 Å². The van der Waals surface area contributed by atoms with E-state index in [2.05, 4.69) is 10.2 Å². The molecule has 5 nitrogen and oxygen atoms in total. The zero-order valence-electron chi connectivity index (χ0n) is 11.0. The van der Waals surface area contributed by atoms with Crippen LogP contribution >= 0.6 is 0 Å². The van der Waals surface area contributed by atoms with Gasteiger partial charge < -0.3 is 9.47 Å². The Labute approximate surface area is 118 Å². The molecule has 0 aromatic heterocycles. The van der Waals surface area contributed by atoms with Gasteiger partial charge in [0, 0.05) is 18.6 Å². The third kappa shape index (κ3) is 5.24. The number of carbonyl (C=O) groups is 1. The fraction of sp³-hybridized carbons (Fsp3) is 0.462. The summed E-state index contributed by atoms with van der Waals surface area (Å²) in [5.41, 5.74) is 2.36. The van der Waals surface area contributed by atoms with Gasteiger partial charge in [-0.2, -0.15) is 0 Å². The quantitative estimate of drug-likeness (QED) is 0.869. The number of hydroxylamine groups is 1. The first kappa shape index (κ1) is 15.6. The zero-order chi connectivity index (χ0) is 15.3. The molecule has 1 atom stereocenters. The van der Waals surface area contributed by atoms with Crippen LogP contribution in [0.1, 0.15) is 29.6 Å². The van der Waals surface area contributed by atoms with Crippen molar-refractivity contribution < 1.29 is 32.3 Å². The van der Waals surface area contributed by atoms with E-state index in [9.17, 15) is 18.0 Å². The molecule has 0 radical (unpaired) electrons. The average molecular weight is 305 g/mol. The monoisotopic (exact) mass is 305 g/mol. The molecule has 8 heteroatoms. The Morgan fingerprint density at radius 1 is 1.24 bits per heavy atom. The molecule has 1 aliphatic heterocycles. The summed E-state index contributed by atoms with van der Waals surface area (Å²) < 4.78 is 44.9. The summed E-state index contributed by atoms with van der Waals surface area (Å²) in [6.45, 7) is 0.573. The average Bonchev–Trinajstić information content (AvgIpc) is 2.45. The largest absolute Gasteiger partial charge is 0.573 e. The van der Waals surface area contributed by atoms with E-state index in [0.717, 1.165) is 25.0 Å². The van der Waals surface area contributed by atoms with E-state index >= 15 is 0 Å². The highest BCUT2D eigenvalue weighted by atomic mass is 19.4. The van der Waals surface area contributed by atoms with Crippen molar-refractivity contribution in [1.82, 2.24) is 5.48 Å². The van der Waals surface area contributed by atoms with Gasteiger partial charge in [-0.3, -0.25) is 4.79 Å². The topological polar surface area (TPSA) is 56.8 Å². The number of alkyl halides is 3. The minimum atomic E-state index is -4.76. The molecule has 1 saturated heterocycles. The molecule has 0 bridgehead atoms. The zero-order valence-corrected chi connectivity index (χ0v) is 11.0. The van der Waals surface area contributed by atoms with E-state index in [-0.39, 0.29) is 5.56 Å². The van der Waals surface area contributed by atoms with Gasteiger partial charge in [0.05, 0.1) is 0 Å². The highest BCUT2D eigenvalue weighted by Gasteiger charge is 2.31. The van der Waals surface area contributed by atoms with E-state index in [1.54, 1.807) is 0 Å². The van der Waals surface area contributed by atoms with Gasteiger partial charge in [0.25, 0.3) is 5.91 Å². The molecule has 0 spiro atoms. The molecule has 1 aromatic rings. The molecule has 0 aliphatic carbocycles. The van der Waals surface area contributed by atoms with Crippen LogP contribution in [0.3, 0.4) is 0 Å². The highest BCUT2D eigenvalue weighted by Crippen LogP contribution is 2.22. The molecule has 1 heterocycles. The molecule has 2 rings (SSSR count). The number of halogens is 3. The smallest absolute Gasteiger partial charge is 0.406 e. The molecule has 1 aliphatic rings. The first-order valence-corrected chi connectivity index (χ1v) is 6.37. The maximum Gasteiger partial charge on any atom is 0.573 e. The summed E-state index contributed by atoms with van der Waals surface area (Å²) in [4.78, 5) is 16.8. The molecule has 0 saturated carbocycles. The van der Waals surface area contributed by atoms with Crippen molar-refractivity contribution in [2.75, 3.05) is 6.61 Å². The summed E-state index contributed by atoms with van der Waals surface area (Å²) in [6.07, 6.45) is -2.67. The van der Waals surface area contributed by atoms with E-state index in [4.69, 9.17) is 9.57 Å². The molecule has 116 valence electrons. The predicted molar refractivity (Wildman–Crippen MR) is 65.3 cm³/mol. The van der Waals surface area contributed by atoms with Gasteiger partial charge in [0.2, 0.25) is 0 Å². The van der Waals surface area contributed by atoms with Crippen molar-refractivity contribution in [1.29, 1.82) is 0 Å². The Balaban J connectivity index is 1.84. The number of nitrogens with one attached hydrogen (secondary N) is 1. The van der Waals surface area contributed by atoms with E-state index in [1.807, 2.05) is 0 Å². The summed E-state index contributed by atoms with van der Waals surface area (Å²) in [5, 5.41) is 0. The van der Waals surface area contributed by atoms with E-state index < -0.39 is 24.3 Å². The summed E-state index contributed by atoms with van der Waals surface area (Å²) in [5.74, 6) is -0.960. The minimum Gasteiger partial charge on any atom is -0.406 e. The third-order valence-corrected chi connectivity index (χ3v) is 2.77. The lowest BCUT2D eigenvalue weighted by atomic mass is 10.2. The standard InChI is InChI=1S/C13H14F3NO4/c14-13(15,16)20-10-6-4-9(5-7-10)12(18)17-21-11-3-1-2-8-19-11/h4-7,11H,1-3,8H2,(H,17,18)/t11-/m0/s1. The van der Waals surface area contributed by atoms with Gasteiger partial charge in [-0.05, 0) is 37.1 Å². The highest BCUT2D eigenvalue weighted by molar-refractivity contribution is 5.93. The minimum absolute atomic E-state index is 0.153. The molecule has 1 aromatic carbocycles. The fourth-order valence-electron chi connectivity index (χ4n) is 1.79. The predicted octanol–water partition coefficient (Wildman–Crippen LogP) is 2.77. The SMILES string of the molecule is O=C(NO[C@H]1CCCCO1)c1ccc(OC(F)(F)F)cc1. The Kier molecular flexibility index (Phi) is 5.03. The van der Waals surface area contributed by atoms with Gasteiger partial charge >= 0.3 is 6.36 Å². The normalized spacial score (nSPS) is 19.1. The Bertz CT molecular complexity index is 469. The Morgan fingerprint density at radius 2 is 1.95 bits per heavy atom. The molecule has 1 amide bonds. The summed E-state index contributed by atoms with van der Waals surface area (Å²) >= 11 is 0. The lowest BCUT2D eigenvalue weighted by Crippen LogP contribution is -2.33. The first-order valence-electron chi connectivity index (χ1n) is 6.37. The second kappa shape index (κ2) is 6.77. The first-order chi connectivity index (χ1) is 9.94. The van der Waals surface area contributed by atoms with Crippen LogP contribution in [0.2, 0.25) is 0 Å². The summed E-state index contributed by atoms with van der Waals surface area (Å²) in [6, 6.07) is 4.53. The van der Waals surface area contributed by atoms with Gasteiger partial charge in [0.1, 0.15) is 5.75 Å². The van der Waals surface area contributed by atoms with Crippen LogP contribution in [-0.4, -0.2) is 25.2 Å². The lowest BCUT2D eigenvalue weighted by molar-refractivity contribution is -0.274. The van der Waals surface area contributed by atoms with E-state index in [1.165, 1.54) is 12.1 Å². The van der Waals surface area contributed by atoms with Crippen LogP contribution in [-0.2, 0) is 9.57 Å². The summed E-state index contributed by atoms with van der Waals surface area (Å²) in [7, 11) is 0. The van der Waals surface area contributed by atoms with E-state index in [0.29, 0.717) is 13.0 Å². The third-order valence-electron chi connectivity index (χ3n) is 2.77. The second-order valence-corrected chi connectivity index (χ2v) is 4.42. The number of ether oxygens (including phenoxy) is 2. The van der Waals surface area contributed by atoms with Gasteiger partial charge in [-0.25, -0.2) is 10.3 Å². The fourth-order valence-corrected chi connectivity index (χ4v) is 1.79. The van der Waals surface area contributed by atoms with Crippen LogP contribution in [0.15, 0.2) is 24.3 Å². The lowest BCUT2D eigenvalue weighted by Gasteiger charge is -2.22. The van der Waals surface area contributed by atoms with Crippen molar-refractivity contribution in [3.63, 3.8) is 0 Å². The number of carbonyl (C=O) groups excluding carboxylic acids is 1. The van der Waals surface area contributed by atoms with Crippen LogP contribution in [0.4, 0.5) is 13.2 Å². The second-order valence-electron chi connectivity index (χ2n) is 4.42.